The van der Waals surface area contributed by atoms with Crippen LogP contribution in [0.3, 0.4) is 0 Å². The Morgan fingerprint density at radius 2 is 0.461 bits per heavy atom. The van der Waals surface area contributed by atoms with Gasteiger partial charge in [0.05, 0.1) is 0 Å². The molecule has 4 nitrogen and oxygen atoms in total. The summed E-state index contributed by atoms with van der Waals surface area (Å²) in [6.45, 7) is 11.0. The van der Waals surface area contributed by atoms with Crippen LogP contribution in [0.15, 0.2) is 218 Å². The van der Waals surface area contributed by atoms with Crippen molar-refractivity contribution in [3.05, 3.63) is 263 Å². The minimum atomic E-state index is -0.173. The summed E-state index contributed by atoms with van der Waals surface area (Å²) in [5, 5.41) is 9.27. The molecule has 12 aromatic rings. The van der Waals surface area contributed by atoms with Crippen molar-refractivity contribution in [2.75, 3.05) is 0 Å². The monoisotopic (exact) mass is 1340 g/mol. The van der Waals surface area contributed by atoms with Crippen molar-refractivity contribution in [1.82, 2.24) is 0 Å². The standard InChI is InChI=1S/C98H104O4/c1-5-9-13-17-29-57-97(58-30-18-14-10-6-2)85-61-69-41-49-81(85)82-50-42-70(62-86(82)97)66-100-90-54-46-74-34-22-26-38-78(74)94(90)96-80-40-28-24-36-76(80)48-56-92(96)102-68-72-44-52-84-83-51-43-71(63-87(83)98(88(84)64-72,59-31-19-15-11-7-3)60-32-20-16-12-8-4)67-101-91-55-47-75-35-23-27-39-79(75)95(91)93-77-37-25-21-33-73(77)45-53-89(93)99-65-69/h21-28,33-56,61-64H,5-20,29-32,57-60,65-68H2,1-4H3. The molecule has 520 valence electrons. The number of unbranched alkanes of at least 4 members (excludes halogenated alkanes) is 16. The van der Waals surface area contributed by atoms with Crippen molar-refractivity contribution < 1.29 is 18.9 Å². The van der Waals surface area contributed by atoms with E-state index in [1.54, 1.807) is 0 Å². The van der Waals surface area contributed by atoms with Crippen LogP contribution in [-0.2, 0) is 37.3 Å². The lowest BCUT2D eigenvalue weighted by molar-refractivity contribution is 0.302. The zero-order valence-electron chi connectivity index (χ0n) is 61.2. The first kappa shape index (κ1) is 68.6. The lowest BCUT2D eigenvalue weighted by Crippen LogP contribution is -2.26. The minimum Gasteiger partial charge on any atom is -0.488 e. The van der Waals surface area contributed by atoms with Gasteiger partial charge in [0.25, 0.3) is 0 Å². The van der Waals surface area contributed by atoms with Crippen molar-refractivity contribution in [2.45, 2.75) is 219 Å². The molecular formula is C98H104O4. The molecule has 0 radical (unpaired) electrons. The number of hydrogen-bond donors (Lipinski definition) is 0. The summed E-state index contributed by atoms with van der Waals surface area (Å²) in [6.07, 6.45) is 29.1. The molecule has 12 aromatic carbocycles. The topological polar surface area (TPSA) is 36.9 Å². The summed E-state index contributed by atoms with van der Waals surface area (Å²) in [7, 11) is 0. The SMILES string of the molecule is CCCCCCCC1(CCCCCCC)c2cc3ccc2-c2ccc(cc21)COc1ccc2ccccc2c1-c1c(ccc2ccccc12)OCc1ccc2c(c1)C(CCCCCCC)(CCCCCCC)c1cc(ccc1-2)COc1ccc2ccccc2c1-c1c(ccc2ccccc12)OC3. The summed E-state index contributed by atoms with van der Waals surface area (Å²) in [5.41, 5.74) is 20.0. The van der Waals surface area contributed by atoms with Crippen LogP contribution < -0.4 is 18.9 Å². The molecule has 8 bridgehead atoms. The fraction of sp³-hybridized carbons (Fsp3) is 0.347. The van der Waals surface area contributed by atoms with Gasteiger partial charge >= 0.3 is 0 Å². The van der Waals surface area contributed by atoms with Crippen LogP contribution in [0.5, 0.6) is 23.0 Å². The van der Waals surface area contributed by atoms with Gasteiger partial charge in [-0.25, -0.2) is 0 Å². The van der Waals surface area contributed by atoms with Gasteiger partial charge in [0.15, 0.2) is 0 Å². The number of benzene rings is 12. The lowest BCUT2D eigenvalue weighted by atomic mass is 9.70. The summed E-state index contributed by atoms with van der Waals surface area (Å²) < 4.78 is 29.8. The molecule has 0 amide bonds. The third kappa shape index (κ3) is 13.8. The maximum atomic E-state index is 7.44. The Balaban J connectivity index is 0.907. The first-order chi connectivity index (χ1) is 50.4. The molecule has 0 fully saturated rings. The van der Waals surface area contributed by atoms with E-state index in [1.807, 2.05) is 0 Å². The fourth-order valence-electron chi connectivity index (χ4n) is 18.1. The van der Waals surface area contributed by atoms with E-state index >= 15 is 0 Å². The summed E-state index contributed by atoms with van der Waals surface area (Å²) >= 11 is 0. The average Bonchev–Trinajstić information content (AvgIpc) is 1.54. The Bertz CT molecular complexity index is 4310. The molecule has 15 rings (SSSR count). The molecule has 0 atom stereocenters. The van der Waals surface area contributed by atoms with Crippen molar-refractivity contribution in [3.63, 3.8) is 0 Å². The highest BCUT2D eigenvalue weighted by Gasteiger charge is 2.44. The van der Waals surface area contributed by atoms with Crippen molar-refractivity contribution in [1.29, 1.82) is 0 Å². The van der Waals surface area contributed by atoms with Crippen molar-refractivity contribution in [2.24, 2.45) is 0 Å². The molecular weight excluding hydrogens is 1240 g/mol. The second kappa shape index (κ2) is 31.6. The van der Waals surface area contributed by atoms with Gasteiger partial charge in [-0.2, -0.15) is 0 Å². The molecule has 0 saturated carbocycles. The van der Waals surface area contributed by atoms with E-state index in [0.717, 1.165) is 92.5 Å². The molecule has 0 aromatic heterocycles. The third-order valence-corrected chi connectivity index (χ3v) is 23.4. The van der Waals surface area contributed by atoms with Gasteiger partial charge in [0.1, 0.15) is 49.4 Å². The van der Waals surface area contributed by atoms with Gasteiger partial charge in [-0.3, -0.25) is 0 Å². The van der Waals surface area contributed by atoms with E-state index < -0.39 is 0 Å². The Morgan fingerprint density at radius 1 is 0.235 bits per heavy atom. The van der Waals surface area contributed by atoms with Crippen LogP contribution >= 0.6 is 0 Å². The minimum absolute atomic E-state index is 0.173. The average molecular weight is 1350 g/mol. The molecule has 3 aliphatic rings. The normalized spacial score (nSPS) is 14.2. The molecule has 0 spiro atoms. The molecule has 1 heterocycles. The number of hydrogen-bond acceptors (Lipinski definition) is 4. The molecule has 0 saturated heterocycles. The van der Waals surface area contributed by atoms with E-state index in [-0.39, 0.29) is 10.8 Å². The maximum Gasteiger partial charge on any atom is 0.128 e. The lowest BCUT2D eigenvalue weighted by Gasteiger charge is -2.33. The Hall–Kier alpha value is -9.12. The second-order valence-electron chi connectivity index (χ2n) is 30.1. The molecule has 4 heteroatoms. The molecule has 102 heavy (non-hydrogen) atoms. The molecule has 0 unspecified atom stereocenters. The molecule has 1 aliphatic heterocycles. The highest BCUT2D eigenvalue weighted by molar-refractivity contribution is 6.11. The van der Waals surface area contributed by atoms with Crippen LogP contribution in [0.2, 0.25) is 0 Å². The Labute approximate surface area is 607 Å². The first-order valence-electron chi connectivity index (χ1n) is 39.5. The fourth-order valence-corrected chi connectivity index (χ4v) is 18.1. The zero-order valence-corrected chi connectivity index (χ0v) is 61.2. The quantitative estimate of drug-likeness (QED) is 0.0565. The van der Waals surface area contributed by atoms with E-state index in [4.69, 9.17) is 18.9 Å². The van der Waals surface area contributed by atoms with E-state index in [0.29, 0.717) is 26.4 Å². The first-order valence-corrected chi connectivity index (χ1v) is 39.5. The van der Waals surface area contributed by atoms with Gasteiger partial charge < -0.3 is 18.9 Å². The van der Waals surface area contributed by atoms with Crippen LogP contribution in [0, 0.1) is 0 Å². The maximum absolute atomic E-state index is 7.44. The third-order valence-electron chi connectivity index (χ3n) is 23.4. The predicted molar refractivity (Wildman–Crippen MR) is 430 cm³/mol. The van der Waals surface area contributed by atoms with Gasteiger partial charge in [0, 0.05) is 33.1 Å². The van der Waals surface area contributed by atoms with Crippen LogP contribution in [0.4, 0.5) is 0 Å². The summed E-state index contributed by atoms with van der Waals surface area (Å²) in [6, 6.07) is 82.6. The van der Waals surface area contributed by atoms with Gasteiger partial charge in [0.2, 0.25) is 0 Å². The van der Waals surface area contributed by atoms with Gasteiger partial charge in [-0.15, -0.1) is 0 Å². The van der Waals surface area contributed by atoms with Crippen molar-refractivity contribution in [3.8, 4) is 67.5 Å². The van der Waals surface area contributed by atoms with Gasteiger partial charge in [-0.1, -0.05) is 350 Å². The Kier molecular flexibility index (Phi) is 21.3. The predicted octanol–water partition coefficient (Wildman–Crippen LogP) is 28.2. The number of ether oxygens (including phenoxy) is 4. The summed E-state index contributed by atoms with van der Waals surface area (Å²) in [4.78, 5) is 0. The van der Waals surface area contributed by atoms with E-state index in [9.17, 15) is 0 Å². The van der Waals surface area contributed by atoms with Crippen LogP contribution in [0.1, 0.15) is 226 Å². The highest BCUT2D eigenvalue weighted by atomic mass is 16.5. The number of fused-ring (bicyclic) bond motifs is 20. The highest BCUT2D eigenvalue weighted by Crippen LogP contribution is 2.58. The van der Waals surface area contributed by atoms with Crippen LogP contribution in [-0.4, -0.2) is 0 Å². The smallest absolute Gasteiger partial charge is 0.128 e. The molecule has 2 aliphatic carbocycles. The largest absolute Gasteiger partial charge is 0.488 e. The van der Waals surface area contributed by atoms with E-state index in [2.05, 4.69) is 246 Å². The van der Waals surface area contributed by atoms with Crippen LogP contribution in [0.25, 0.3) is 87.6 Å². The van der Waals surface area contributed by atoms with E-state index in [1.165, 1.54) is 217 Å². The zero-order chi connectivity index (χ0) is 69.2. The second-order valence-corrected chi connectivity index (χ2v) is 30.1. The van der Waals surface area contributed by atoms with Gasteiger partial charge in [-0.05, 0) is 160 Å². The Morgan fingerprint density at radius 3 is 0.696 bits per heavy atom. The van der Waals surface area contributed by atoms with Crippen molar-refractivity contribution >= 4 is 43.1 Å². The molecule has 0 N–H and O–H groups in total. The summed E-state index contributed by atoms with van der Waals surface area (Å²) in [5.74, 6) is 3.43. The number of rotatable bonds is 24.